The fourth-order valence-corrected chi connectivity index (χ4v) is 3.21. The molecule has 0 saturated carbocycles. The lowest BCUT2D eigenvalue weighted by molar-refractivity contribution is 0.0827. The summed E-state index contributed by atoms with van der Waals surface area (Å²) < 4.78 is 2.30. The van der Waals surface area contributed by atoms with Crippen LogP contribution in [0.2, 0.25) is 5.02 Å². The van der Waals surface area contributed by atoms with Gasteiger partial charge >= 0.3 is 0 Å². The molecule has 0 aliphatic carbocycles. The first-order valence-electron chi connectivity index (χ1n) is 8.01. The maximum atomic E-state index is 12.1. The summed E-state index contributed by atoms with van der Waals surface area (Å²) >= 11 is 6.14. The summed E-state index contributed by atoms with van der Waals surface area (Å²) in [7, 11) is 3.52. The van der Waals surface area contributed by atoms with Gasteiger partial charge in [0.05, 0.1) is 0 Å². The largest absolute Gasteiger partial charge is 0.345 e. The highest BCUT2D eigenvalue weighted by atomic mass is 35.5. The Morgan fingerprint density at radius 2 is 1.71 bits per heavy atom. The zero-order valence-electron chi connectivity index (χ0n) is 14.4. The van der Waals surface area contributed by atoms with Gasteiger partial charge in [-0.15, -0.1) is 0 Å². The quantitative estimate of drug-likeness (QED) is 0.639. The van der Waals surface area contributed by atoms with Crippen molar-refractivity contribution in [2.24, 2.45) is 0 Å². The normalized spacial score (nSPS) is 11.2. The van der Waals surface area contributed by atoms with Gasteiger partial charge in [-0.3, -0.25) is 4.79 Å². The Hall–Kier alpha value is -2.26. The number of rotatable bonds is 3. The van der Waals surface area contributed by atoms with Gasteiger partial charge in [0.1, 0.15) is 0 Å². The monoisotopic (exact) mass is 340 g/mol. The summed E-state index contributed by atoms with van der Waals surface area (Å²) in [6, 6.07) is 16.2. The van der Waals surface area contributed by atoms with E-state index in [1.807, 2.05) is 36.4 Å². The standard InChI is InChI=1S/C20H21ClN2O/c1-13(2)23-18-10-9-17(21)11-16(18)12-19(23)14-5-7-15(8-6-14)20(24)22(3)4/h5-13H,1-4H3. The molecule has 1 amide bonds. The zero-order chi connectivity index (χ0) is 17.4. The molecule has 0 radical (unpaired) electrons. The Labute approximate surface area is 147 Å². The molecule has 3 rings (SSSR count). The van der Waals surface area contributed by atoms with Gasteiger partial charge in [0.15, 0.2) is 0 Å². The Morgan fingerprint density at radius 3 is 2.29 bits per heavy atom. The molecule has 0 atom stereocenters. The van der Waals surface area contributed by atoms with Gasteiger partial charge in [-0.25, -0.2) is 0 Å². The molecular weight excluding hydrogens is 320 g/mol. The zero-order valence-corrected chi connectivity index (χ0v) is 15.1. The maximum Gasteiger partial charge on any atom is 0.253 e. The molecule has 4 heteroatoms. The van der Waals surface area contributed by atoms with Crippen molar-refractivity contribution in [2.45, 2.75) is 19.9 Å². The number of carbonyl (C=O) groups is 1. The number of benzene rings is 2. The van der Waals surface area contributed by atoms with E-state index in [9.17, 15) is 4.79 Å². The van der Waals surface area contributed by atoms with E-state index < -0.39 is 0 Å². The summed E-state index contributed by atoms with van der Waals surface area (Å²) in [4.78, 5) is 13.6. The predicted octanol–water partition coefficient (Wildman–Crippen LogP) is 5.24. The Morgan fingerprint density at radius 1 is 1.04 bits per heavy atom. The van der Waals surface area contributed by atoms with Crippen LogP contribution in [0.25, 0.3) is 22.2 Å². The molecule has 124 valence electrons. The maximum absolute atomic E-state index is 12.1. The van der Waals surface area contributed by atoms with Crippen LogP contribution in [-0.4, -0.2) is 29.5 Å². The third kappa shape index (κ3) is 2.92. The Kier molecular flexibility index (Phi) is 4.37. The second-order valence-electron chi connectivity index (χ2n) is 6.47. The fraction of sp³-hybridized carbons (Fsp3) is 0.250. The first-order valence-corrected chi connectivity index (χ1v) is 8.39. The topological polar surface area (TPSA) is 25.2 Å². The van der Waals surface area contributed by atoms with Crippen LogP contribution in [0.3, 0.4) is 0 Å². The van der Waals surface area contributed by atoms with Crippen LogP contribution in [-0.2, 0) is 0 Å². The van der Waals surface area contributed by atoms with E-state index >= 15 is 0 Å². The molecule has 1 aromatic heterocycles. The molecule has 0 unspecified atom stereocenters. The number of nitrogens with zero attached hydrogens (tertiary/aromatic N) is 2. The molecule has 0 bridgehead atoms. The molecule has 1 heterocycles. The van der Waals surface area contributed by atoms with Crippen LogP contribution in [0.1, 0.15) is 30.2 Å². The highest BCUT2D eigenvalue weighted by Crippen LogP contribution is 2.33. The molecule has 24 heavy (non-hydrogen) atoms. The van der Waals surface area contributed by atoms with Crippen LogP contribution in [0.15, 0.2) is 48.5 Å². The number of aromatic nitrogens is 1. The van der Waals surface area contributed by atoms with E-state index in [0.717, 1.165) is 27.2 Å². The summed E-state index contributed by atoms with van der Waals surface area (Å²) in [6.45, 7) is 4.34. The molecule has 3 nitrogen and oxygen atoms in total. The van der Waals surface area contributed by atoms with E-state index in [0.29, 0.717) is 11.6 Å². The van der Waals surface area contributed by atoms with Gasteiger partial charge in [-0.1, -0.05) is 23.7 Å². The average Bonchev–Trinajstić information content (AvgIpc) is 2.92. The number of hydrogen-bond acceptors (Lipinski definition) is 1. The first-order chi connectivity index (χ1) is 11.4. The number of hydrogen-bond donors (Lipinski definition) is 0. The smallest absolute Gasteiger partial charge is 0.253 e. The second-order valence-corrected chi connectivity index (χ2v) is 6.91. The summed E-state index contributed by atoms with van der Waals surface area (Å²) in [5.74, 6) is 0.0118. The van der Waals surface area contributed by atoms with Gasteiger partial charge in [0.25, 0.3) is 5.91 Å². The van der Waals surface area contributed by atoms with E-state index in [-0.39, 0.29) is 5.91 Å². The van der Waals surface area contributed by atoms with Gasteiger partial charge in [-0.2, -0.15) is 0 Å². The lowest BCUT2D eigenvalue weighted by Gasteiger charge is -2.15. The fourth-order valence-electron chi connectivity index (χ4n) is 3.03. The number of halogens is 1. The van der Waals surface area contributed by atoms with Crippen molar-refractivity contribution in [3.8, 4) is 11.3 Å². The van der Waals surface area contributed by atoms with Crippen LogP contribution in [0.5, 0.6) is 0 Å². The van der Waals surface area contributed by atoms with Gasteiger partial charge in [0, 0.05) is 47.3 Å². The van der Waals surface area contributed by atoms with E-state index in [4.69, 9.17) is 11.6 Å². The van der Waals surface area contributed by atoms with Crippen LogP contribution >= 0.6 is 11.6 Å². The van der Waals surface area contributed by atoms with Gasteiger partial charge < -0.3 is 9.47 Å². The van der Waals surface area contributed by atoms with Crippen LogP contribution < -0.4 is 0 Å². The average molecular weight is 341 g/mol. The minimum Gasteiger partial charge on any atom is -0.345 e. The molecule has 0 N–H and O–H groups in total. The van der Waals surface area contributed by atoms with Crippen LogP contribution in [0, 0.1) is 0 Å². The molecule has 3 aromatic rings. The minimum atomic E-state index is 0.0118. The Bertz CT molecular complexity index is 892. The van der Waals surface area contributed by atoms with Crippen molar-refractivity contribution in [2.75, 3.05) is 14.1 Å². The first kappa shape index (κ1) is 16.6. The van der Waals surface area contributed by atoms with Crippen molar-refractivity contribution in [3.05, 3.63) is 59.1 Å². The lowest BCUT2D eigenvalue weighted by Crippen LogP contribution is -2.21. The van der Waals surface area contributed by atoms with Gasteiger partial charge in [-0.05, 0) is 55.8 Å². The summed E-state index contributed by atoms with van der Waals surface area (Å²) in [5, 5.41) is 1.86. The van der Waals surface area contributed by atoms with E-state index in [1.165, 1.54) is 0 Å². The molecule has 0 fully saturated rings. The van der Waals surface area contributed by atoms with Crippen molar-refractivity contribution < 1.29 is 4.79 Å². The van der Waals surface area contributed by atoms with Crippen LogP contribution in [0.4, 0.5) is 0 Å². The number of fused-ring (bicyclic) bond motifs is 1. The van der Waals surface area contributed by atoms with Crippen molar-refractivity contribution in [1.29, 1.82) is 0 Å². The minimum absolute atomic E-state index is 0.0118. The van der Waals surface area contributed by atoms with Crippen molar-refractivity contribution in [1.82, 2.24) is 9.47 Å². The third-order valence-electron chi connectivity index (χ3n) is 4.15. The highest BCUT2D eigenvalue weighted by Gasteiger charge is 2.14. The SMILES string of the molecule is CC(C)n1c(-c2ccc(C(=O)N(C)C)cc2)cc2cc(Cl)ccc21. The molecule has 0 spiro atoms. The molecule has 2 aromatic carbocycles. The van der Waals surface area contributed by atoms with E-state index in [1.54, 1.807) is 19.0 Å². The molecule has 0 saturated heterocycles. The third-order valence-corrected chi connectivity index (χ3v) is 4.39. The van der Waals surface area contributed by atoms with Crippen molar-refractivity contribution in [3.63, 3.8) is 0 Å². The predicted molar refractivity (Wildman–Crippen MR) is 101 cm³/mol. The molecule has 0 aliphatic rings. The summed E-state index contributed by atoms with van der Waals surface area (Å²) in [6.07, 6.45) is 0. The summed E-state index contributed by atoms with van der Waals surface area (Å²) in [5.41, 5.74) is 4.08. The van der Waals surface area contributed by atoms with E-state index in [2.05, 4.69) is 30.5 Å². The number of amides is 1. The molecule has 0 aliphatic heterocycles. The lowest BCUT2D eigenvalue weighted by atomic mass is 10.1. The Balaban J connectivity index is 2.12. The second kappa shape index (κ2) is 6.33. The molecular formula is C20H21ClN2O. The highest BCUT2D eigenvalue weighted by molar-refractivity contribution is 6.31. The van der Waals surface area contributed by atoms with Gasteiger partial charge in [0.2, 0.25) is 0 Å². The van der Waals surface area contributed by atoms with Crippen molar-refractivity contribution >= 4 is 28.4 Å². The number of carbonyl (C=O) groups excluding carboxylic acids is 1.